The van der Waals surface area contributed by atoms with Crippen molar-refractivity contribution in [2.24, 2.45) is 0 Å². The van der Waals surface area contributed by atoms with Crippen LogP contribution in [0.4, 0.5) is 0 Å². The molecule has 9 aromatic rings. The van der Waals surface area contributed by atoms with Gasteiger partial charge in [-0.1, -0.05) is 158 Å². The maximum Gasteiger partial charge on any atom is 0.227 e. The van der Waals surface area contributed by atoms with Crippen LogP contribution in [0.15, 0.2) is 186 Å². The zero-order valence-corrected chi connectivity index (χ0v) is 27.5. The fourth-order valence-corrected chi connectivity index (χ4v) is 6.39. The maximum atomic E-state index is 6.38. The lowest BCUT2D eigenvalue weighted by Crippen LogP contribution is -2.00. The molecule has 0 bridgehead atoms. The molecule has 0 radical (unpaired) electrons. The van der Waals surface area contributed by atoms with E-state index in [1.165, 1.54) is 11.1 Å². The predicted molar refractivity (Wildman–Crippen MR) is 205 cm³/mol. The number of hydrogen-bond donors (Lipinski definition) is 0. The summed E-state index contributed by atoms with van der Waals surface area (Å²) in [6.45, 7) is 0. The van der Waals surface area contributed by atoms with Crippen LogP contribution < -0.4 is 0 Å². The largest absolute Gasteiger partial charge is 0.436 e. The van der Waals surface area contributed by atoms with Gasteiger partial charge in [0.05, 0.1) is 0 Å². The quantitative estimate of drug-likeness (QED) is 0.171. The lowest BCUT2D eigenvalue weighted by Gasteiger charge is -2.09. The Bertz CT molecular complexity index is 2560. The monoisotopic (exact) mass is 654 g/mol. The first kappa shape index (κ1) is 30.1. The third kappa shape index (κ3) is 6.09. The van der Waals surface area contributed by atoms with Gasteiger partial charge in [0.25, 0.3) is 0 Å². The molecule has 0 spiro atoms. The molecule has 0 amide bonds. The normalized spacial score (nSPS) is 11.1. The van der Waals surface area contributed by atoms with Crippen LogP contribution in [-0.4, -0.2) is 19.9 Å². The summed E-state index contributed by atoms with van der Waals surface area (Å²) in [5.41, 5.74) is 11.8. The molecule has 0 aliphatic heterocycles. The fraction of sp³-hybridized carbons (Fsp3) is 0. The molecular weight excluding hydrogens is 625 g/mol. The summed E-state index contributed by atoms with van der Waals surface area (Å²) in [7, 11) is 0. The van der Waals surface area contributed by atoms with Crippen molar-refractivity contribution in [1.29, 1.82) is 0 Å². The summed E-state index contributed by atoms with van der Waals surface area (Å²) in [5, 5.41) is 0. The molecule has 0 aliphatic carbocycles. The van der Waals surface area contributed by atoms with Crippen LogP contribution in [0.3, 0.4) is 0 Å². The number of para-hydroxylation sites is 1. The van der Waals surface area contributed by atoms with Gasteiger partial charge in [0.1, 0.15) is 5.52 Å². The van der Waals surface area contributed by atoms with E-state index in [9.17, 15) is 0 Å². The molecule has 5 heteroatoms. The van der Waals surface area contributed by atoms with Gasteiger partial charge < -0.3 is 4.42 Å². The molecule has 0 N–H and O–H groups in total. The van der Waals surface area contributed by atoms with E-state index in [0.717, 1.165) is 55.6 Å². The molecule has 0 aliphatic rings. The number of fused-ring (bicyclic) bond motifs is 1. The number of nitrogens with zero attached hydrogens (tertiary/aromatic N) is 4. The van der Waals surface area contributed by atoms with Crippen LogP contribution in [0.1, 0.15) is 0 Å². The van der Waals surface area contributed by atoms with E-state index >= 15 is 0 Å². The van der Waals surface area contributed by atoms with Crippen molar-refractivity contribution in [2.75, 3.05) is 0 Å². The second-order valence-corrected chi connectivity index (χ2v) is 12.3. The Kier molecular flexibility index (Phi) is 7.76. The van der Waals surface area contributed by atoms with E-state index in [2.05, 4.69) is 84.9 Å². The summed E-state index contributed by atoms with van der Waals surface area (Å²) >= 11 is 0. The summed E-state index contributed by atoms with van der Waals surface area (Å²) < 4.78 is 6.38. The molecule has 7 aromatic carbocycles. The highest BCUT2D eigenvalue weighted by Gasteiger charge is 2.16. The van der Waals surface area contributed by atoms with E-state index < -0.39 is 0 Å². The molecule has 0 fully saturated rings. The van der Waals surface area contributed by atoms with E-state index in [0.29, 0.717) is 23.4 Å². The van der Waals surface area contributed by atoms with Gasteiger partial charge in [-0.25, -0.2) is 19.9 Å². The third-order valence-corrected chi connectivity index (χ3v) is 8.99. The minimum atomic E-state index is 0.578. The molecule has 0 unspecified atom stereocenters. The van der Waals surface area contributed by atoms with Crippen molar-refractivity contribution >= 4 is 11.1 Å². The Labute approximate surface area is 295 Å². The zero-order valence-electron chi connectivity index (χ0n) is 27.5. The van der Waals surface area contributed by atoms with Crippen LogP contribution in [-0.2, 0) is 0 Å². The number of oxazole rings is 1. The molecule has 2 heterocycles. The number of hydrogen-bond acceptors (Lipinski definition) is 5. The highest BCUT2D eigenvalue weighted by atomic mass is 16.3. The zero-order chi connectivity index (χ0) is 34.0. The molecule has 240 valence electrons. The Morgan fingerprint density at radius 2 is 0.725 bits per heavy atom. The summed E-state index contributed by atoms with van der Waals surface area (Å²) in [6.07, 6.45) is 0. The van der Waals surface area contributed by atoms with Gasteiger partial charge in [-0.2, -0.15) is 0 Å². The molecule has 0 atom stereocenters. The fourth-order valence-electron chi connectivity index (χ4n) is 6.39. The Morgan fingerprint density at radius 3 is 1.35 bits per heavy atom. The minimum absolute atomic E-state index is 0.578. The van der Waals surface area contributed by atoms with Crippen molar-refractivity contribution in [3.8, 4) is 79.0 Å². The Hall–Kier alpha value is -6.98. The molecule has 5 nitrogen and oxygen atoms in total. The van der Waals surface area contributed by atoms with Gasteiger partial charge in [-0.3, -0.25) is 0 Å². The van der Waals surface area contributed by atoms with E-state index in [1.54, 1.807) is 0 Å². The predicted octanol–water partition coefficient (Wildman–Crippen LogP) is 11.7. The van der Waals surface area contributed by atoms with Gasteiger partial charge in [0.15, 0.2) is 23.1 Å². The van der Waals surface area contributed by atoms with Crippen molar-refractivity contribution in [3.05, 3.63) is 182 Å². The lowest BCUT2D eigenvalue weighted by molar-refractivity contribution is 0.620. The molecule has 51 heavy (non-hydrogen) atoms. The number of rotatable bonds is 7. The van der Waals surface area contributed by atoms with Crippen LogP contribution in [0, 0.1) is 0 Å². The standard InChI is InChI=1S/C46H30N4O/c1-4-13-31(14-5-1)32-25-27-33(28-26-32)36-19-10-22-39(29-36)46-47-42-40(23-12-24-41(42)51-46)37-20-11-21-38(30-37)45-49-43(34-15-6-2-7-16-34)48-44(50-45)35-17-8-3-9-18-35/h1-30H. The van der Waals surface area contributed by atoms with Gasteiger partial charge in [-0.05, 0) is 52.1 Å². The topological polar surface area (TPSA) is 64.7 Å². The highest BCUT2D eigenvalue weighted by molar-refractivity contribution is 5.93. The number of benzene rings is 7. The van der Waals surface area contributed by atoms with Crippen LogP contribution in [0.2, 0.25) is 0 Å². The molecule has 0 saturated carbocycles. The van der Waals surface area contributed by atoms with Crippen LogP contribution >= 0.6 is 0 Å². The first-order chi connectivity index (χ1) is 25.2. The van der Waals surface area contributed by atoms with Crippen molar-refractivity contribution in [3.63, 3.8) is 0 Å². The molecule has 9 rings (SSSR count). The second-order valence-electron chi connectivity index (χ2n) is 12.3. The average molecular weight is 655 g/mol. The van der Waals surface area contributed by atoms with Crippen LogP contribution in [0.25, 0.3) is 90.1 Å². The Morgan fingerprint density at radius 1 is 0.294 bits per heavy atom. The SMILES string of the molecule is c1ccc(-c2ccc(-c3cccc(-c4nc5c(-c6cccc(-c7nc(-c8ccccc8)nc(-c8ccccc8)n7)c6)cccc5o4)c3)cc2)cc1. The third-order valence-electron chi connectivity index (χ3n) is 8.99. The highest BCUT2D eigenvalue weighted by Crippen LogP contribution is 2.35. The van der Waals surface area contributed by atoms with E-state index in [4.69, 9.17) is 24.4 Å². The summed E-state index contributed by atoms with van der Waals surface area (Å²) in [6, 6.07) is 61.8. The van der Waals surface area contributed by atoms with Gasteiger partial charge in [-0.15, -0.1) is 0 Å². The van der Waals surface area contributed by atoms with Gasteiger partial charge in [0, 0.05) is 27.8 Å². The molecular formula is C46H30N4O. The lowest BCUT2D eigenvalue weighted by atomic mass is 9.99. The average Bonchev–Trinajstić information content (AvgIpc) is 3.67. The Balaban J connectivity index is 1.07. The maximum absolute atomic E-state index is 6.38. The van der Waals surface area contributed by atoms with E-state index in [1.807, 2.05) is 97.1 Å². The minimum Gasteiger partial charge on any atom is -0.436 e. The van der Waals surface area contributed by atoms with E-state index in [-0.39, 0.29) is 0 Å². The first-order valence-corrected chi connectivity index (χ1v) is 16.9. The van der Waals surface area contributed by atoms with Crippen molar-refractivity contribution in [1.82, 2.24) is 19.9 Å². The smallest absolute Gasteiger partial charge is 0.227 e. The first-order valence-electron chi connectivity index (χ1n) is 16.9. The summed E-state index contributed by atoms with van der Waals surface area (Å²) in [5.74, 6) is 2.44. The molecule has 0 saturated heterocycles. The van der Waals surface area contributed by atoms with Gasteiger partial charge >= 0.3 is 0 Å². The van der Waals surface area contributed by atoms with Gasteiger partial charge in [0.2, 0.25) is 5.89 Å². The van der Waals surface area contributed by atoms with Crippen molar-refractivity contribution < 1.29 is 4.42 Å². The second kappa shape index (κ2) is 13.1. The van der Waals surface area contributed by atoms with Crippen molar-refractivity contribution in [2.45, 2.75) is 0 Å². The number of aromatic nitrogens is 4. The summed E-state index contributed by atoms with van der Waals surface area (Å²) in [4.78, 5) is 19.8. The van der Waals surface area contributed by atoms with Crippen LogP contribution in [0.5, 0.6) is 0 Å². The molecule has 2 aromatic heterocycles.